The third-order valence-electron chi connectivity index (χ3n) is 3.35. The molecule has 0 fully saturated rings. The van der Waals surface area contributed by atoms with Crippen LogP contribution < -0.4 is 15.7 Å². The quantitative estimate of drug-likeness (QED) is 0.624. The topological polar surface area (TPSA) is 119 Å². The van der Waals surface area contributed by atoms with Crippen LogP contribution in [0.3, 0.4) is 0 Å². The van der Waals surface area contributed by atoms with E-state index in [1.807, 2.05) is 0 Å². The normalized spacial score (nSPS) is 10.8. The van der Waals surface area contributed by atoms with Crippen LogP contribution in [0.5, 0.6) is 5.75 Å². The van der Waals surface area contributed by atoms with Gasteiger partial charge in [0.15, 0.2) is 0 Å². The fourth-order valence-electron chi connectivity index (χ4n) is 2.05. The Labute approximate surface area is 150 Å². The lowest BCUT2D eigenvalue weighted by molar-refractivity contribution is -0.305. The summed E-state index contributed by atoms with van der Waals surface area (Å²) in [5.41, 5.74) is 0.885. The van der Waals surface area contributed by atoms with Gasteiger partial charge in [0, 0.05) is 24.5 Å². The number of phenols is 1. The Morgan fingerprint density at radius 2 is 1.65 bits per heavy atom. The zero-order chi connectivity index (χ0) is 18.9. The summed E-state index contributed by atoms with van der Waals surface area (Å²) in [7, 11) is 0. The molecule has 134 valence electrons. The van der Waals surface area contributed by atoms with Gasteiger partial charge in [0.05, 0.1) is 0 Å². The number of benzene rings is 2. The fraction of sp³-hybridized carbons (Fsp3) is 0.105. The molecule has 0 heterocycles. The molecule has 0 radical (unpaired) electrons. The van der Waals surface area contributed by atoms with Crippen molar-refractivity contribution in [2.45, 2.75) is 6.42 Å². The van der Waals surface area contributed by atoms with Crippen LogP contribution in [0.1, 0.15) is 22.3 Å². The van der Waals surface area contributed by atoms with E-state index < -0.39 is 17.8 Å². The van der Waals surface area contributed by atoms with E-state index in [0.29, 0.717) is 11.1 Å². The minimum Gasteiger partial charge on any atom is -0.550 e. The average molecular weight is 353 g/mol. The van der Waals surface area contributed by atoms with Crippen LogP contribution in [-0.2, 0) is 9.59 Å². The maximum atomic E-state index is 12.3. The van der Waals surface area contributed by atoms with Crippen molar-refractivity contribution in [2.75, 3.05) is 6.54 Å². The van der Waals surface area contributed by atoms with Gasteiger partial charge in [-0.3, -0.25) is 9.59 Å². The highest BCUT2D eigenvalue weighted by Gasteiger charge is 2.14. The predicted octanol–water partition coefficient (Wildman–Crippen LogP) is 0.419. The number of hydrogen-bond acceptors (Lipinski definition) is 5. The molecule has 0 atom stereocenters. The van der Waals surface area contributed by atoms with Crippen LogP contribution in [-0.4, -0.2) is 29.4 Å². The minimum absolute atomic E-state index is 0.0529. The molecule has 7 heteroatoms. The van der Waals surface area contributed by atoms with E-state index in [0.717, 1.165) is 0 Å². The van der Waals surface area contributed by atoms with Crippen molar-refractivity contribution in [2.24, 2.45) is 0 Å². The van der Waals surface area contributed by atoms with Crippen LogP contribution in [0, 0.1) is 0 Å². The van der Waals surface area contributed by atoms with Crippen LogP contribution in [0.25, 0.3) is 6.08 Å². The average Bonchev–Trinajstić information content (AvgIpc) is 2.63. The first-order valence-corrected chi connectivity index (χ1v) is 7.81. The van der Waals surface area contributed by atoms with Gasteiger partial charge in [0.1, 0.15) is 11.4 Å². The van der Waals surface area contributed by atoms with Crippen molar-refractivity contribution in [3.63, 3.8) is 0 Å². The zero-order valence-electron chi connectivity index (χ0n) is 13.8. The molecule has 0 spiro atoms. The molecule has 0 saturated carbocycles. The molecule has 0 bridgehead atoms. The van der Waals surface area contributed by atoms with Crippen LogP contribution in [0.2, 0.25) is 0 Å². The molecule has 0 aromatic heterocycles. The van der Waals surface area contributed by atoms with Crippen LogP contribution in [0.4, 0.5) is 0 Å². The highest BCUT2D eigenvalue weighted by Crippen LogP contribution is 2.12. The fourth-order valence-corrected chi connectivity index (χ4v) is 2.05. The molecule has 0 saturated heterocycles. The Morgan fingerprint density at radius 3 is 2.27 bits per heavy atom. The summed E-state index contributed by atoms with van der Waals surface area (Å²) >= 11 is 0. The second-order valence-corrected chi connectivity index (χ2v) is 5.35. The standard InChI is InChI=1S/C19H18N2O5/c22-15-8-6-13(7-9-15)12-16(19(26)20-11-10-17(23)24)21-18(25)14-4-2-1-3-5-14/h1-9,12,22H,10-11H2,(H,20,26)(H,21,25)(H,23,24)/p-1. The minimum atomic E-state index is -1.29. The van der Waals surface area contributed by atoms with Crippen LogP contribution >= 0.6 is 0 Å². The molecule has 2 aromatic rings. The van der Waals surface area contributed by atoms with E-state index in [9.17, 15) is 24.6 Å². The first-order valence-electron chi connectivity index (χ1n) is 7.81. The number of amides is 2. The number of carbonyl (C=O) groups excluding carboxylic acids is 3. The summed E-state index contributed by atoms with van der Waals surface area (Å²) in [5, 5.41) is 24.7. The predicted molar refractivity (Wildman–Crippen MR) is 92.6 cm³/mol. The summed E-state index contributed by atoms with van der Waals surface area (Å²) in [6.45, 7) is -0.130. The largest absolute Gasteiger partial charge is 0.550 e. The molecule has 0 aliphatic carbocycles. The van der Waals surface area contributed by atoms with Crippen molar-refractivity contribution in [1.82, 2.24) is 10.6 Å². The van der Waals surface area contributed by atoms with Gasteiger partial charge in [-0.2, -0.15) is 0 Å². The maximum Gasteiger partial charge on any atom is 0.267 e. The summed E-state index contributed by atoms with van der Waals surface area (Å²) in [6.07, 6.45) is 1.08. The van der Waals surface area contributed by atoms with Crippen molar-refractivity contribution in [3.05, 3.63) is 71.4 Å². The highest BCUT2D eigenvalue weighted by molar-refractivity contribution is 6.05. The molecule has 2 aromatic carbocycles. The van der Waals surface area contributed by atoms with Crippen molar-refractivity contribution < 1.29 is 24.6 Å². The van der Waals surface area contributed by atoms with E-state index in [-0.39, 0.29) is 24.4 Å². The maximum absolute atomic E-state index is 12.3. The Bertz CT molecular complexity index is 814. The van der Waals surface area contributed by atoms with E-state index in [1.165, 1.54) is 18.2 Å². The monoisotopic (exact) mass is 353 g/mol. The molecule has 26 heavy (non-hydrogen) atoms. The number of rotatable bonds is 7. The number of phenolic OH excluding ortho intramolecular Hbond substituents is 1. The molecular weight excluding hydrogens is 336 g/mol. The summed E-state index contributed by atoms with van der Waals surface area (Å²) in [5.74, 6) is -2.34. The van der Waals surface area contributed by atoms with Gasteiger partial charge in [-0.05, 0) is 35.9 Å². The highest BCUT2D eigenvalue weighted by atomic mass is 16.4. The Morgan fingerprint density at radius 1 is 1.00 bits per heavy atom. The third kappa shape index (κ3) is 5.79. The summed E-state index contributed by atoms with van der Waals surface area (Å²) in [6, 6.07) is 14.4. The Hall–Kier alpha value is -3.61. The second-order valence-electron chi connectivity index (χ2n) is 5.35. The number of carboxylic acid groups (broad SMARTS) is 1. The molecule has 2 rings (SSSR count). The smallest absolute Gasteiger partial charge is 0.267 e. The van der Waals surface area contributed by atoms with Crippen LogP contribution in [0.15, 0.2) is 60.3 Å². The van der Waals surface area contributed by atoms with Gasteiger partial charge >= 0.3 is 0 Å². The number of nitrogens with one attached hydrogen (secondary N) is 2. The van der Waals surface area contributed by atoms with Gasteiger partial charge in [0.2, 0.25) is 0 Å². The lowest BCUT2D eigenvalue weighted by Gasteiger charge is -2.11. The first-order chi connectivity index (χ1) is 12.5. The van der Waals surface area contributed by atoms with Gasteiger partial charge in [-0.25, -0.2) is 0 Å². The van der Waals surface area contributed by atoms with Gasteiger partial charge < -0.3 is 25.6 Å². The zero-order valence-corrected chi connectivity index (χ0v) is 13.8. The van der Waals surface area contributed by atoms with Crippen molar-refractivity contribution in [3.8, 4) is 5.75 Å². The molecule has 0 aliphatic rings. The summed E-state index contributed by atoms with van der Waals surface area (Å²) in [4.78, 5) is 35.1. The lowest BCUT2D eigenvalue weighted by atomic mass is 10.1. The molecule has 2 amide bonds. The molecule has 3 N–H and O–H groups in total. The number of aliphatic carboxylic acids is 1. The van der Waals surface area contributed by atoms with E-state index >= 15 is 0 Å². The molecule has 0 aliphatic heterocycles. The third-order valence-corrected chi connectivity index (χ3v) is 3.35. The summed E-state index contributed by atoms with van der Waals surface area (Å²) < 4.78 is 0. The SMILES string of the molecule is O=C([O-])CCNC(=O)C(=Cc1ccc(O)cc1)NC(=O)c1ccccc1. The van der Waals surface area contributed by atoms with Gasteiger partial charge in [-0.1, -0.05) is 30.3 Å². The Balaban J connectivity index is 2.20. The molecule has 0 unspecified atom stereocenters. The first kappa shape index (κ1) is 18.7. The number of aromatic hydroxyl groups is 1. The Kier molecular flexibility index (Phi) is 6.50. The number of carbonyl (C=O) groups is 3. The van der Waals surface area contributed by atoms with E-state index in [2.05, 4.69) is 10.6 Å². The van der Waals surface area contributed by atoms with E-state index in [4.69, 9.17) is 0 Å². The molecular formula is C19H17N2O5-. The lowest BCUT2D eigenvalue weighted by Crippen LogP contribution is -2.37. The number of carboxylic acids is 1. The van der Waals surface area contributed by atoms with Gasteiger partial charge in [0.25, 0.3) is 11.8 Å². The van der Waals surface area contributed by atoms with Gasteiger partial charge in [-0.15, -0.1) is 0 Å². The molecule has 7 nitrogen and oxygen atoms in total. The van der Waals surface area contributed by atoms with Crippen molar-refractivity contribution >= 4 is 23.9 Å². The van der Waals surface area contributed by atoms with E-state index in [1.54, 1.807) is 42.5 Å². The number of hydrogen-bond donors (Lipinski definition) is 3. The second kappa shape index (κ2) is 9.03. The van der Waals surface area contributed by atoms with Crippen molar-refractivity contribution in [1.29, 1.82) is 0 Å².